The van der Waals surface area contributed by atoms with E-state index in [2.05, 4.69) is 6.58 Å². The molecule has 0 aliphatic heterocycles. The Bertz CT molecular complexity index is 396. The predicted molar refractivity (Wildman–Crippen MR) is 79.2 cm³/mol. The fraction of sp³-hybridized carbons (Fsp3) is 0.375. The molecule has 0 bridgehead atoms. The van der Waals surface area contributed by atoms with E-state index in [1.165, 1.54) is 0 Å². The highest BCUT2D eigenvalue weighted by atomic mass is 16.2. The first-order valence-electron chi connectivity index (χ1n) is 6.38. The minimum absolute atomic E-state index is 0.0702. The maximum absolute atomic E-state index is 11.7. The second kappa shape index (κ2) is 10.1. The van der Waals surface area contributed by atoms with Crippen LogP contribution in [0.1, 0.15) is 36.5 Å². The van der Waals surface area contributed by atoms with Crippen molar-refractivity contribution in [1.29, 1.82) is 0 Å². The normalized spacial score (nSPS) is 9.00. The summed E-state index contributed by atoms with van der Waals surface area (Å²) < 4.78 is 0. The van der Waals surface area contributed by atoms with Crippen LogP contribution in [0.2, 0.25) is 0 Å². The molecule has 0 atom stereocenters. The van der Waals surface area contributed by atoms with Crippen molar-refractivity contribution in [2.45, 2.75) is 26.2 Å². The van der Waals surface area contributed by atoms with Gasteiger partial charge in [-0.2, -0.15) is 0 Å². The van der Waals surface area contributed by atoms with Crippen LogP contribution in [0.15, 0.2) is 43.0 Å². The summed E-state index contributed by atoms with van der Waals surface area (Å²) >= 11 is 0. The number of rotatable bonds is 5. The third-order valence-electron chi connectivity index (χ3n) is 2.39. The number of amides is 1. The topological polar surface area (TPSA) is 37.4 Å². The van der Waals surface area contributed by atoms with E-state index in [0.717, 1.165) is 5.56 Å². The van der Waals surface area contributed by atoms with E-state index < -0.39 is 0 Å². The molecule has 0 radical (unpaired) electrons. The molecule has 0 aliphatic rings. The molecular weight excluding hydrogens is 238 g/mol. The maximum Gasteiger partial charge on any atom is 0.222 e. The highest BCUT2D eigenvalue weighted by Gasteiger charge is 2.07. The zero-order chi connectivity index (χ0) is 14.7. The van der Waals surface area contributed by atoms with Gasteiger partial charge in [-0.1, -0.05) is 36.4 Å². The predicted octanol–water partition coefficient (Wildman–Crippen LogP) is 3.32. The van der Waals surface area contributed by atoms with Crippen molar-refractivity contribution in [1.82, 2.24) is 4.90 Å². The van der Waals surface area contributed by atoms with Gasteiger partial charge in [-0.25, -0.2) is 0 Å². The van der Waals surface area contributed by atoms with E-state index in [0.29, 0.717) is 19.3 Å². The van der Waals surface area contributed by atoms with Gasteiger partial charge in [0.15, 0.2) is 5.78 Å². The Morgan fingerprint density at radius 1 is 1.16 bits per heavy atom. The molecule has 1 aromatic carbocycles. The molecule has 0 N–H and O–H groups in total. The first-order valence-corrected chi connectivity index (χ1v) is 6.38. The van der Waals surface area contributed by atoms with Gasteiger partial charge in [-0.3, -0.25) is 9.59 Å². The van der Waals surface area contributed by atoms with Gasteiger partial charge in [0.1, 0.15) is 0 Å². The van der Waals surface area contributed by atoms with Crippen LogP contribution >= 0.6 is 0 Å². The highest BCUT2D eigenvalue weighted by Crippen LogP contribution is 2.07. The molecule has 3 heteroatoms. The fourth-order valence-corrected chi connectivity index (χ4v) is 1.39. The summed E-state index contributed by atoms with van der Waals surface area (Å²) in [6.45, 7) is 5.25. The maximum atomic E-state index is 11.7. The van der Waals surface area contributed by atoms with E-state index >= 15 is 0 Å². The lowest BCUT2D eigenvalue weighted by molar-refractivity contribution is -0.128. The van der Waals surface area contributed by atoms with E-state index in [-0.39, 0.29) is 11.7 Å². The quantitative estimate of drug-likeness (QED) is 0.602. The molecule has 104 valence electrons. The van der Waals surface area contributed by atoms with Crippen molar-refractivity contribution in [2.75, 3.05) is 14.1 Å². The van der Waals surface area contributed by atoms with Crippen LogP contribution in [-0.4, -0.2) is 30.7 Å². The van der Waals surface area contributed by atoms with Crippen molar-refractivity contribution < 1.29 is 9.59 Å². The van der Waals surface area contributed by atoms with Crippen LogP contribution in [0.5, 0.6) is 0 Å². The van der Waals surface area contributed by atoms with Gasteiger partial charge >= 0.3 is 0 Å². The Hall–Kier alpha value is -1.90. The summed E-state index contributed by atoms with van der Waals surface area (Å²) in [6, 6.07) is 9.18. The molecule has 0 saturated carbocycles. The zero-order valence-corrected chi connectivity index (χ0v) is 12.1. The molecule has 1 rings (SSSR count). The molecule has 19 heavy (non-hydrogen) atoms. The van der Waals surface area contributed by atoms with Crippen LogP contribution in [-0.2, 0) is 4.79 Å². The third kappa shape index (κ3) is 7.92. The summed E-state index contributed by atoms with van der Waals surface area (Å²) in [6.07, 6.45) is 3.24. The van der Waals surface area contributed by atoms with Crippen LogP contribution in [0.3, 0.4) is 0 Å². The molecule has 0 aromatic heterocycles. The van der Waals surface area contributed by atoms with Gasteiger partial charge in [0.25, 0.3) is 0 Å². The van der Waals surface area contributed by atoms with E-state index in [4.69, 9.17) is 0 Å². The molecule has 3 nitrogen and oxygen atoms in total. The minimum atomic E-state index is 0.0702. The SMILES string of the molecule is C=CC.CN(C)C(=O)CCCC(=O)c1ccccc1. The molecule has 1 amide bonds. The van der Waals surface area contributed by atoms with Gasteiger partial charge in [0.2, 0.25) is 5.91 Å². The lowest BCUT2D eigenvalue weighted by Crippen LogP contribution is -2.21. The standard InChI is InChI=1S/C13H17NO2.C3H6/c1-14(2)13(16)10-6-9-12(15)11-7-4-3-5-8-11;1-3-2/h3-5,7-8H,6,9-10H2,1-2H3;3H,1H2,2H3. The summed E-state index contributed by atoms with van der Waals surface area (Å²) in [5.41, 5.74) is 0.722. The average Bonchev–Trinajstić information content (AvgIpc) is 2.40. The van der Waals surface area contributed by atoms with Crippen LogP contribution in [0.25, 0.3) is 0 Å². The lowest BCUT2D eigenvalue weighted by atomic mass is 10.1. The highest BCUT2D eigenvalue weighted by molar-refractivity contribution is 5.96. The summed E-state index contributed by atoms with van der Waals surface area (Å²) in [5, 5.41) is 0. The van der Waals surface area contributed by atoms with Gasteiger partial charge in [0.05, 0.1) is 0 Å². The number of ketones is 1. The Kier molecular flexibility index (Phi) is 9.06. The number of carbonyl (C=O) groups is 2. The number of Topliss-reactive ketones (excluding diaryl/α,β-unsaturated/α-hetero) is 1. The molecule has 1 aromatic rings. The average molecular weight is 261 g/mol. The summed E-state index contributed by atoms with van der Waals surface area (Å²) in [7, 11) is 3.45. The molecule has 0 fully saturated rings. The number of hydrogen-bond donors (Lipinski definition) is 0. The largest absolute Gasteiger partial charge is 0.349 e. The van der Waals surface area contributed by atoms with Crippen molar-refractivity contribution in [3.63, 3.8) is 0 Å². The Morgan fingerprint density at radius 3 is 2.16 bits per heavy atom. The number of carbonyl (C=O) groups excluding carboxylic acids is 2. The van der Waals surface area contributed by atoms with E-state index in [1.54, 1.807) is 37.2 Å². The van der Waals surface area contributed by atoms with E-state index in [1.807, 2.05) is 25.1 Å². The Morgan fingerprint density at radius 2 is 1.68 bits per heavy atom. The van der Waals surface area contributed by atoms with Gasteiger partial charge in [-0.05, 0) is 13.3 Å². The first-order chi connectivity index (χ1) is 9.02. The zero-order valence-electron chi connectivity index (χ0n) is 12.1. The number of allylic oxidation sites excluding steroid dienone is 1. The second-order valence-corrected chi connectivity index (χ2v) is 4.34. The Balaban J connectivity index is 0.000000982. The molecule has 0 unspecified atom stereocenters. The molecule has 0 aliphatic carbocycles. The van der Waals surface area contributed by atoms with Crippen LogP contribution in [0.4, 0.5) is 0 Å². The van der Waals surface area contributed by atoms with Gasteiger partial charge in [-0.15, -0.1) is 6.58 Å². The molecule has 0 spiro atoms. The first kappa shape index (κ1) is 17.1. The molecule has 0 saturated heterocycles. The van der Waals surface area contributed by atoms with E-state index in [9.17, 15) is 9.59 Å². The van der Waals surface area contributed by atoms with Crippen molar-refractivity contribution in [3.8, 4) is 0 Å². The molecule has 0 heterocycles. The van der Waals surface area contributed by atoms with Crippen molar-refractivity contribution in [3.05, 3.63) is 48.6 Å². The van der Waals surface area contributed by atoms with Gasteiger partial charge < -0.3 is 4.90 Å². The molecular formula is C16H23NO2. The third-order valence-corrected chi connectivity index (χ3v) is 2.39. The fourth-order valence-electron chi connectivity index (χ4n) is 1.39. The monoisotopic (exact) mass is 261 g/mol. The van der Waals surface area contributed by atoms with Gasteiger partial charge in [0, 0.05) is 32.5 Å². The smallest absolute Gasteiger partial charge is 0.222 e. The summed E-state index contributed by atoms with van der Waals surface area (Å²) in [4.78, 5) is 24.5. The van der Waals surface area contributed by atoms with Crippen molar-refractivity contribution in [2.24, 2.45) is 0 Å². The van der Waals surface area contributed by atoms with Crippen molar-refractivity contribution >= 4 is 11.7 Å². The van der Waals surface area contributed by atoms with Crippen LogP contribution < -0.4 is 0 Å². The number of nitrogens with zero attached hydrogens (tertiary/aromatic N) is 1. The lowest BCUT2D eigenvalue weighted by Gasteiger charge is -2.09. The minimum Gasteiger partial charge on any atom is -0.349 e. The second-order valence-electron chi connectivity index (χ2n) is 4.34. The number of benzene rings is 1. The Labute approximate surface area is 115 Å². The number of hydrogen-bond acceptors (Lipinski definition) is 2. The summed E-state index contributed by atoms with van der Waals surface area (Å²) in [5.74, 6) is 0.174. The van der Waals surface area contributed by atoms with Crippen LogP contribution in [0, 0.1) is 0 Å².